The van der Waals surface area contributed by atoms with Gasteiger partial charge in [0.2, 0.25) is 0 Å². The van der Waals surface area contributed by atoms with Crippen molar-refractivity contribution in [2.75, 3.05) is 11.5 Å². The van der Waals surface area contributed by atoms with Crippen LogP contribution in [0, 0.1) is 15.4 Å². The quantitative estimate of drug-likeness (QED) is 0.468. The average Bonchev–Trinajstić information content (AvgIpc) is 2.41. The van der Waals surface area contributed by atoms with Gasteiger partial charge in [0.25, 0.3) is 0 Å². The molecule has 0 unspecified atom stereocenters. The van der Waals surface area contributed by atoms with Crippen molar-refractivity contribution >= 4 is 34.2 Å². The minimum atomic E-state index is -0.971. The van der Waals surface area contributed by atoms with E-state index in [9.17, 15) is 5.11 Å². The van der Waals surface area contributed by atoms with Crippen LogP contribution in [0.4, 0.5) is 11.6 Å². The lowest BCUT2D eigenvalue weighted by Crippen LogP contribution is -2.14. The first-order valence-electron chi connectivity index (χ1n) is 6.10. The molecule has 2 rings (SSSR count). The number of halogens is 1. The summed E-state index contributed by atoms with van der Waals surface area (Å²) in [5.74, 6) is 6.52. The van der Waals surface area contributed by atoms with Crippen LogP contribution in [0.25, 0.3) is 0 Å². The molecule has 0 saturated carbocycles. The summed E-state index contributed by atoms with van der Waals surface area (Å²) in [5.41, 5.74) is 10.5. The van der Waals surface area contributed by atoms with Crippen molar-refractivity contribution in [3.63, 3.8) is 0 Å². The molecule has 0 bridgehead atoms. The number of nitrogen functional groups attached to an aromatic ring is 2. The predicted molar refractivity (Wildman–Crippen MR) is 93.2 cm³/mol. The zero-order valence-corrected chi connectivity index (χ0v) is 14.0. The first-order valence-corrected chi connectivity index (χ1v) is 7.18. The lowest BCUT2D eigenvalue weighted by Gasteiger charge is -2.05. The number of anilines is 2. The first-order chi connectivity index (χ1) is 9.76. The normalized spacial score (nSPS) is 9.90. The van der Waals surface area contributed by atoms with Crippen LogP contribution in [0.5, 0.6) is 0 Å². The predicted octanol–water partition coefficient (Wildman–Crippen LogP) is 2.05. The summed E-state index contributed by atoms with van der Waals surface area (Å²) < 4.78 is 1.11. The molecule has 2 heterocycles. The second-order valence-electron chi connectivity index (χ2n) is 4.68. The topological polar surface area (TPSA) is 98.0 Å². The molecular weight excluding hydrogens is 379 g/mol. The largest absolute Gasteiger partial charge is 0.384 e. The Balaban J connectivity index is 0.000000235. The second kappa shape index (κ2) is 7.81. The van der Waals surface area contributed by atoms with E-state index in [4.69, 9.17) is 11.5 Å². The standard InChI is InChI=1S/C10H12N2O.C5H5IN2/c1-10(2,13)6-5-8-3-4-9(11)12-7-8;6-4-1-2-5(7)8-3-4/h3-4,7,13H,1-2H3,(H2,11,12);1-3H,(H2,7,8). The number of nitrogens with two attached hydrogens (primary N) is 2. The molecule has 0 aliphatic carbocycles. The van der Waals surface area contributed by atoms with Gasteiger partial charge in [-0.15, -0.1) is 0 Å². The maximum absolute atomic E-state index is 9.31. The summed E-state index contributed by atoms with van der Waals surface area (Å²) in [6, 6.07) is 7.14. The molecule has 0 aromatic carbocycles. The number of hydrogen-bond donors (Lipinski definition) is 3. The molecule has 0 amide bonds. The van der Waals surface area contributed by atoms with Crippen LogP contribution < -0.4 is 11.5 Å². The van der Waals surface area contributed by atoms with Gasteiger partial charge in [-0.25, -0.2) is 9.97 Å². The summed E-state index contributed by atoms with van der Waals surface area (Å²) in [6.45, 7) is 3.26. The molecule has 0 spiro atoms. The molecule has 0 atom stereocenters. The van der Waals surface area contributed by atoms with Gasteiger partial charge in [-0.1, -0.05) is 11.8 Å². The Hall–Kier alpha value is -1.85. The number of hydrogen-bond acceptors (Lipinski definition) is 5. The summed E-state index contributed by atoms with van der Waals surface area (Å²) in [7, 11) is 0. The summed E-state index contributed by atoms with van der Waals surface area (Å²) in [5, 5.41) is 9.31. The lowest BCUT2D eigenvalue weighted by atomic mass is 10.1. The van der Waals surface area contributed by atoms with Crippen LogP contribution in [-0.2, 0) is 0 Å². The van der Waals surface area contributed by atoms with Gasteiger partial charge in [0.1, 0.15) is 17.2 Å². The Kier molecular flexibility index (Phi) is 6.39. The van der Waals surface area contributed by atoms with E-state index in [-0.39, 0.29) is 0 Å². The van der Waals surface area contributed by atoms with Crippen molar-refractivity contribution in [1.82, 2.24) is 9.97 Å². The van der Waals surface area contributed by atoms with Gasteiger partial charge in [-0.05, 0) is 60.7 Å². The Morgan fingerprint density at radius 2 is 1.62 bits per heavy atom. The van der Waals surface area contributed by atoms with Crippen molar-refractivity contribution in [3.05, 3.63) is 45.8 Å². The van der Waals surface area contributed by atoms with Gasteiger partial charge in [0.05, 0.1) is 0 Å². The molecule has 2 aromatic heterocycles. The third kappa shape index (κ3) is 8.12. The molecule has 21 heavy (non-hydrogen) atoms. The fourth-order valence-corrected chi connectivity index (χ4v) is 1.41. The SMILES string of the molecule is CC(C)(O)C#Cc1ccc(N)nc1.Nc1ccc(I)cn1. The summed E-state index contributed by atoms with van der Waals surface area (Å²) in [4.78, 5) is 7.72. The van der Waals surface area contributed by atoms with Crippen LogP contribution in [0.3, 0.4) is 0 Å². The highest BCUT2D eigenvalue weighted by atomic mass is 127. The third-order valence-electron chi connectivity index (χ3n) is 2.05. The molecule has 6 heteroatoms. The van der Waals surface area contributed by atoms with E-state index in [0.717, 1.165) is 9.13 Å². The van der Waals surface area contributed by atoms with Crippen LogP contribution >= 0.6 is 22.6 Å². The van der Waals surface area contributed by atoms with E-state index in [1.54, 1.807) is 44.4 Å². The van der Waals surface area contributed by atoms with Crippen molar-refractivity contribution < 1.29 is 5.11 Å². The highest BCUT2D eigenvalue weighted by molar-refractivity contribution is 14.1. The highest BCUT2D eigenvalue weighted by Crippen LogP contribution is 2.03. The minimum absolute atomic E-state index is 0.466. The zero-order chi connectivity index (χ0) is 15.9. The Morgan fingerprint density at radius 1 is 1.05 bits per heavy atom. The molecule has 0 aliphatic heterocycles. The van der Waals surface area contributed by atoms with Gasteiger partial charge in [0, 0.05) is 21.5 Å². The highest BCUT2D eigenvalue weighted by Gasteiger charge is 2.05. The molecule has 110 valence electrons. The number of pyridine rings is 2. The molecule has 2 aromatic rings. The Bertz CT molecular complexity index is 601. The van der Waals surface area contributed by atoms with Crippen molar-refractivity contribution in [2.45, 2.75) is 19.4 Å². The van der Waals surface area contributed by atoms with E-state index in [2.05, 4.69) is 44.4 Å². The third-order valence-corrected chi connectivity index (χ3v) is 2.69. The fourth-order valence-electron chi connectivity index (χ4n) is 1.09. The summed E-state index contributed by atoms with van der Waals surface area (Å²) >= 11 is 2.18. The van der Waals surface area contributed by atoms with Crippen LogP contribution in [0.1, 0.15) is 19.4 Å². The minimum Gasteiger partial charge on any atom is -0.384 e. The maximum atomic E-state index is 9.31. The number of nitrogens with zero attached hydrogens (tertiary/aromatic N) is 2. The van der Waals surface area contributed by atoms with E-state index in [1.165, 1.54) is 0 Å². The monoisotopic (exact) mass is 396 g/mol. The fraction of sp³-hybridized carbons (Fsp3) is 0.200. The average molecular weight is 396 g/mol. The van der Waals surface area contributed by atoms with Crippen molar-refractivity contribution in [1.29, 1.82) is 0 Å². The second-order valence-corrected chi connectivity index (χ2v) is 5.93. The molecular formula is C15H17IN4O. The van der Waals surface area contributed by atoms with Crippen molar-refractivity contribution in [2.24, 2.45) is 0 Å². The lowest BCUT2D eigenvalue weighted by molar-refractivity contribution is 0.143. The molecule has 0 aliphatic rings. The maximum Gasteiger partial charge on any atom is 0.123 e. The van der Waals surface area contributed by atoms with E-state index >= 15 is 0 Å². The number of aliphatic hydroxyl groups is 1. The first kappa shape index (κ1) is 17.2. The molecule has 0 fully saturated rings. The molecule has 5 nitrogen and oxygen atoms in total. The van der Waals surface area contributed by atoms with Crippen LogP contribution in [0.2, 0.25) is 0 Å². The van der Waals surface area contributed by atoms with E-state index in [0.29, 0.717) is 11.6 Å². The Labute approximate surface area is 137 Å². The molecule has 5 N–H and O–H groups in total. The van der Waals surface area contributed by atoms with E-state index in [1.807, 2.05) is 6.07 Å². The number of rotatable bonds is 0. The van der Waals surface area contributed by atoms with Gasteiger partial charge in [-0.3, -0.25) is 0 Å². The van der Waals surface area contributed by atoms with Gasteiger partial charge in [-0.2, -0.15) is 0 Å². The molecule has 0 saturated heterocycles. The van der Waals surface area contributed by atoms with Gasteiger partial charge >= 0.3 is 0 Å². The van der Waals surface area contributed by atoms with Gasteiger partial charge in [0.15, 0.2) is 0 Å². The van der Waals surface area contributed by atoms with Crippen molar-refractivity contribution in [3.8, 4) is 11.8 Å². The van der Waals surface area contributed by atoms with E-state index < -0.39 is 5.60 Å². The smallest absolute Gasteiger partial charge is 0.123 e. The summed E-state index contributed by atoms with van der Waals surface area (Å²) in [6.07, 6.45) is 3.31. The van der Waals surface area contributed by atoms with Gasteiger partial charge < -0.3 is 16.6 Å². The number of aromatic nitrogens is 2. The van der Waals surface area contributed by atoms with Crippen LogP contribution in [-0.4, -0.2) is 20.7 Å². The van der Waals surface area contributed by atoms with Crippen LogP contribution in [0.15, 0.2) is 36.7 Å². The zero-order valence-electron chi connectivity index (χ0n) is 11.8. The Morgan fingerprint density at radius 3 is 2.00 bits per heavy atom. The molecule has 0 radical (unpaired) electrons.